The number of fused-ring (bicyclic) bond motifs is 6. The topological polar surface area (TPSA) is 33.6 Å². The summed E-state index contributed by atoms with van der Waals surface area (Å²) >= 11 is 0. The van der Waals surface area contributed by atoms with Crippen molar-refractivity contribution in [2.75, 3.05) is 0 Å². The molecule has 370 valence electrons. The highest BCUT2D eigenvalue weighted by molar-refractivity contribution is 6.14. The van der Waals surface area contributed by atoms with Gasteiger partial charge in [-0.15, -0.1) is 0 Å². The van der Waals surface area contributed by atoms with E-state index in [1.807, 2.05) is 80.8 Å². The molecule has 0 amide bonds. The smallest absolute Gasteiger partial charge is 0.307 e. The van der Waals surface area contributed by atoms with Gasteiger partial charge in [0.25, 0.3) is 0 Å². The van der Waals surface area contributed by atoms with Gasteiger partial charge in [0.05, 0.1) is 56.2 Å². The summed E-state index contributed by atoms with van der Waals surface area (Å²) in [6, 6.07) is 64.8. The van der Waals surface area contributed by atoms with Crippen LogP contribution in [0, 0.1) is 39.0 Å². The third kappa shape index (κ3) is 8.46. The number of nitrogens with zero attached hydrogens (tertiary/aromatic N) is 3. The monoisotopic (exact) mass is 1010 g/mol. The van der Waals surface area contributed by atoms with E-state index in [1.54, 1.807) is 12.1 Å². The Balaban J connectivity index is 1.22. The van der Waals surface area contributed by atoms with Gasteiger partial charge < -0.3 is 9.13 Å². The molecule has 0 saturated heterocycles. The van der Waals surface area contributed by atoms with Crippen LogP contribution in [-0.2, 0) is 12.4 Å². The Morgan fingerprint density at radius 3 is 0.868 bits per heavy atom. The van der Waals surface area contributed by atoms with Crippen LogP contribution in [0.2, 0.25) is 0 Å². The highest BCUT2D eigenvalue weighted by Crippen LogP contribution is 2.46. The summed E-state index contributed by atoms with van der Waals surface area (Å²) in [7, 11) is 0. The molecule has 2 heterocycles. The molecule has 0 aliphatic carbocycles. The number of alkyl halides is 6. The SMILES string of the molecule is Cc1ccc(-c2ccc3c(c2)c2cc(-c4ccc(C)cc4)ccc2n3-c2cc(C#N)c(-c3cc(C(F)(F)F)cc(C(F)(F)F)c3)cc2-n2c3ccc(-c4ccc(C)cc4)cc3c3cc(-c4ccc(C)cc4)ccc32)cc1. The van der Waals surface area contributed by atoms with E-state index in [1.165, 1.54) is 0 Å². The van der Waals surface area contributed by atoms with Crippen LogP contribution in [0.15, 0.2) is 200 Å². The van der Waals surface area contributed by atoms with Crippen molar-refractivity contribution < 1.29 is 26.3 Å². The average Bonchev–Trinajstić information content (AvgIpc) is 3.97. The molecule has 0 radical (unpaired) electrons. The predicted octanol–water partition coefficient (Wildman–Crippen LogP) is 19.4. The zero-order valence-corrected chi connectivity index (χ0v) is 41.7. The van der Waals surface area contributed by atoms with Crippen LogP contribution in [-0.4, -0.2) is 9.13 Å². The van der Waals surface area contributed by atoms with Crippen molar-refractivity contribution in [1.82, 2.24) is 9.13 Å². The summed E-state index contributed by atoms with van der Waals surface area (Å²) in [5, 5.41) is 14.6. The Kier molecular flexibility index (Phi) is 11.4. The molecule has 0 spiro atoms. The summed E-state index contributed by atoms with van der Waals surface area (Å²) in [6.07, 6.45) is -10.2. The largest absolute Gasteiger partial charge is 0.416 e. The fourth-order valence-corrected chi connectivity index (χ4v) is 10.6. The first-order valence-corrected chi connectivity index (χ1v) is 24.8. The molecular formula is C67H45F6N3. The summed E-state index contributed by atoms with van der Waals surface area (Å²) in [5.41, 5.74) is 12.7. The number of benzene rings is 10. The van der Waals surface area contributed by atoms with Crippen molar-refractivity contribution in [1.29, 1.82) is 5.26 Å². The predicted molar refractivity (Wildman–Crippen MR) is 296 cm³/mol. The average molecular weight is 1010 g/mol. The van der Waals surface area contributed by atoms with Crippen molar-refractivity contribution in [3.05, 3.63) is 239 Å². The number of rotatable bonds is 7. The third-order valence-corrected chi connectivity index (χ3v) is 14.7. The maximum absolute atomic E-state index is 14.7. The fraction of sp³-hybridized carbons (Fsp3) is 0.0896. The van der Waals surface area contributed by atoms with Crippen LogP contribution in [0.4, 0.5) is 26.3 Å². The molecule has 76 heavy (non-hydrogen) atoms. The van der Waals surface area contributed by atoms with Gasteiger partial charge in [0.1, 0.15) is 0 Å². The number of aryl methyl sites for hydroxylation is 4. The van der Waals surface area contributed by atoms with Gasteiger partial charge in [0.2, 0.25) is 0 Å². The van der Waals surface area contributed by atoms with E-state index < -0.39 is 29.0 Å². The minimum absolute atomic E-state index is 0.0931. The number of hydrogen-bond acceptors (Lipinski definition) is 1. The lowest BCUT2D eigenvalue weighted by molar-refractivity contribution is -0.143. The van der Waals surface area contributed by atoms with Gasteiger partial charge in [-0.3, -0.25) is 0 Å². The number of halogens is 6. The van der Waals surface area contributed by atoms with Crippen molar-refractivity contribution >= 4 is 43.6 Å². The third-order valence-electron chi connectivity index (χ3n) is 14.7. The van der Waals surface area contributed by atoms with E-state index in [-0.39, 0.29) is 17.2 Å². The molecule has 0 aliphatic rings. The lowest BCUT2D eigenvalue weighted by Crippen LogP contribution is -2.11. The molecule has 0 saturated carbocycles. The summed E-state index contributed by atoms with van der Waals surface area (Å²) < 4.78 is 92.0. The normalized spacial score (nSPS) is 12.1. The van der Waals surface area contributed by atoms with E-state index in [2.05, 4.69) is 132 Å². The Morgan fingerprint density at radius 2 is 0.592 bits per heavy atom. The highest BCUT2D eigenvalue weighted by atomic mass is 19.4. The van der Waals surface area contributed by atoms with Gasteiger partial charge in [0.15, 0.2) is 0 Å². The quantitative estimate of drug-likeness (QED) is 0.147. The zero-order chi connectivity index (χ0) is 52.8. The van der Waals surface area contributed by atoms with Gasteiger partial charge in [-0.25, -0.2) is 0 Å². The van der Waals surface area contributed by atoms with Crippen LogP contribution in [0.1, 0.15) is 38.9 Å². The second kappa shape index (κ2) is 18.1. The number of aromatic nitrogens is 2. The van der Waals surface area contributed by atoms with E-state index in [0.717, 1.165) is 110 Å². The molecule has 0 N–H and O–H groups in total. The van der Waals surface area contributed by atoms with Crippen LogP contribution in [0.3, 0.4) is 0 Å². The number of hydrogen-bond donors (Lipinski definition) is 0. The first kappa shape index (κ1) is 47.8. The van der Waals surface area contributed by atoms with Crippen molar-refractivity contribution in [3.63, 3.8) is 0 Å². The first-order chi connectivity index (χ1) is 36.5. The molecule has 0 aliphatic heterocycles. The molecule has 12 rings (SSSR count). The highest BCUT2D eigenvalue weighted by Gasteiger charge is 2.37. The molecule has 9 heteroatoms. The van der Waals surface area contributed by atoms with Gasteiger partial charge >= 0.3 is 12.4 Å². The molecule has 0 atom stereocenters. The molecular weight excluding hydrogens is 961 g/mol. The van der Waals surface area contributed by atoms with E-state index in [9.17, 15) is 31.6 Å². The van der Waals surface area contributed by atoms with Crippen LogP contribution < -0.4 is 0 Å². The maximum atomic E-state index is 14.7. The van der Waals surface area contributed by atoms with Crippen LogP contribution in [0.25, 0.3) is 111 Å². The lowest BCUT2D eigenvalue weighted by atomic mass is 9.94. The Labute approximate surface area is 434 Å². The molecule has 2 aromatic heterocycles. The van der Waals surface area contributed by atoms with Crippen molar-refractivity contribution in [2.24, 2.45) is 0 Å². The van der Waals surface area contributed by atoms with Gasteiger partial charge in [-0.05, 0) is 157 Å². The zero-order valence-electron chi connectivity index (χ0n) is 41.7. The lowest BCUT2D eigenvalue weighted by Gasteiger charge is -2.21. The molecule has 12 aromatic rings. The molecule has 0 bridgehead atoms. The van der Waals surface area contributed by atoms with E-state index in [0.29, 0.717) is 23.5 Å². The molecule has 0 fully saturated rings. The van der Waals surface area contributed by atoms with Gasteiger partial charge in [-0.2, -0.15) is 31.6 Å². The molecule has 10 aromatic carbocycles. The van der Waals surface area contributed by atoms with Crippen molar-refractivity contribution in [3.8, 4) is 73.1 Å². The second-order valence-electron chi connectivity index (χ2n) is 19.9. The maximum Gasteiger partial charge on any atom is 0.416 e. The Bertz CT molecular complexity index is 4080. The fourth-order valence-electron chi connectivity index (χ4n) is 10.6. The number of nitriles is 1. The second-order valence-corrected chi connectivity index (χ2v) is 19.9. The summed E-state index contributed by atoms with van der Waals surface area (Å²) in [5.74, 6) is 0. The Hall–Kier alpha value is -9.13. The van der Waals surface area contributed by atoms with Crippen molar-refractivity contribution in [2.45, 2.75) is 40.0 Å². The van der Waals surface area contributed by atoms with Gasteiger partial charge in [-0.1, -0.05) is 144 Å². The van der Waals surface area contributed by atoms with Crippen LogP contribution >= 0.6 is 0 Å². The van der Waals surface area contributed by atoms with E-state index in [4.69, 9.17) is 0 Å². The van der Waals surface area contributed by atoms with E-state index >= 15 is 0 Å². The molecule has 3 nitrogen and oxygen atoms in total. The minimum Gasteiger partial charge on any atom is -0.307 e. The summed E-state index contributed by atoms with van der Waals surface area (Å²) in [6.45, 7) is 8.14. The first-order valence-electron chi connectivity index (χ1n) is 24.8. The van der Waals surface area contributed by atoms with Crippen LogP contribution in [0.5, 0.6) is 0 Å². The van der Waals surface area contributed by atoms with Gasteiger partial charge in [0, 0.05) is 27.1 Å². The standard InChI is InChI=1S/C67H45F6N3/c1-39-5-13-43(14-6-39)47-21-25-60-56(31-47)57-32-48(44-15-7-40(2)8-16-44)22-26-61(57)75(60)64-35-52(38-74)55(51-29-53(66(68,69)70)36-54(30-51)67(71,72)73)37-65(64)76-62-27-23-49(45-17-9-41(3)10-18-45)33-58(62)59-34-50(24-28-63(59)76)46-19-11-42(4)12-20-46/h5-37H,1-4H3. The summed E-state index contributed by atoms with van der Waals surface area (Å²) in [4.78, 5) is 0. The Morgan fingerprint density at radius 1 is 0.316 bits per heavy atom. The molecule has 0 unspecified atom stereocenters. The minimum atomic E-state index is -5.12.